The maximum absolute atomic E-state index is 13.1. The van der Waals surface area contributed by atoms with Gasteiger partial charge in [0.25, 0.3) is 5.91 Å². The van der Waals surface area contributed by atoms with Crippen LogP contribution in [0.1, 0.15) is 31.1 Å². The van der Waals surface area contributed by atoms with Gasteiger partial charge in [0.2, 0.25) is 5.88 Å². The highest BCUT2D eigenvalue weighted by Gasteiger charge is 2.11. The Kier molecular flexibility index (Phi) is 6.33. The lowest BCUT2D eigenvalue weighted by Crippen LogP contribution is -2.22. The summed E-state index contributed by atoms with van der Waals surface area (Å²) in [6.07, 6.45) is 1.40. The van der Waals surface area contributed by atoms with E-state index >= 15 is 0 Å². The second-order valence-corrected chi connectivity index (χ2v) is 6.68. The van der Waals surface area contributed by atoms with Gasteiger partial charge < -0.3 is 14.8 Å². The maximum Gasteiger partial charge on any atom is 0.257 e. The first-order valence-electron chi connectivity index (χ1n) is 7.74. The highest BCUT2D eigenvalue weighted by molar-refractivity contribution is 6.31. The van der Waals surface area contributed by atoms with E-state index in [2.05, 4.69) is 10.3 Å². The summed E-state index contributed by atoms with van der Waals surface area (Å²) in [5, 5.41) is 2.57. The van der Waals surface area contributed by atoms with Gasteiger partial charge in [-0.3, -0.25) is 4.79 Å². The minimum absolute atomic E-state index is 0.0582. The van der Waals surface area contributed by atoms with Gasteiger partial charge >= 0.3 is 0 Å². The molecule has 1 N–H and O–H groups in total. The van der Waals surface area contributed by atoms with E-state index in [-0.39, 0.29) is 16.5 Å². The maximum atomic E-state index is 13.1. The van der Waals surface area contributed by atoms with Gasteiger partial charge in [-0.05, 0) is 45.0 Å². The second kappa shape index (κ2) is 8.27. The first-order valence-corrected chi connectivity index (χ1v) is 8.11. The van der Waals surface area contributed by atoms with E-state index in [0.717, 1.165) is 0 Å². The minimum atomic E-state index is -0.543. The molecule has 0 aliphatic rings. The molecule has 0 bridgehead atoms. The molecule has 2 rings (SSSR count). The van der Waals surface area contributed by atoms with Crippen molar-refractivity contribution in [3.8, 4) is 5.88 Å². The van der Waals surface area contributed by atoms with Crippen LogP contribution in [0.2, 0.25) is 5.02 Å². The molecule has 2 aromatic rings. The molecule has 0 aliphatic heterocycles. The fourth-order valence-corrected chi connectivity index (χ4v) is 2.05. The molecule has 7 heteroatoms. The molecule has 1 amide bonds. The van der Waals surface area contributed by atoms with Crippen molar-refractivity contribution >= 4 is 23.2 Å². The Morgan fingerprint density at radius 2 is 2.00 bits per heavy atom. The average Bonchev–Trinajstić information content (AvgIpc) is 2.55. The summed E-state index contributed by atoms with van der Waals surface area (Å²) in [4.78, 5) is 16.2. The van der Waals surface area contributed by atoms with Crippen LogP contribution in [0.3, 0.4) is 0 Å². The van der Waals surface area contributed by atoms with Gasteiger partial charge in [-0.25, -0.2) is 9.37 Å². The first kappa shape index (κ1) is 19.1. The lowest BCUT2D eigenvalue weighted by Gasteiger charge is -2.19. The van der Waals surface area contributed by atoms with Gasteiger partial charge in [0, 0.05) is 18.0 Å². The predicted molar refractivity (Wildman–Crippen MR) is 94.8 cm³/mol. The SMILES string of the molecule is CC(C)(C)OCCOc1ccc(C(=O)Nc2ccc(F)c(Cl)c2)cn1. The number of pyridine rings is 1. The molecule has 0 atom stereocenters. The van der Waals surface area contributed by atoms with E-state index in [4.69, 9.17) is 21.1 Å². The summed E-state index contributed by atoms with van der Waals surface area (Å²) >= 11 is 5.69. The van der Waals surface area contributed by atoms with Crippen LogP contribution in [0.4, 0.5) is 10.1 Å². The van der Waals surface area contributed by atoms with Gasteiger partial charge in [-0.15, -0.1) is 0 Å². The van der Waals surface area contributed by atoms with E-state index in [1.807, 2.05) is 20.8 Å². The summed E-state index contributed by atoms with van der Waals surface area (Å²) < 4.78 is 24.1. The number of nitrogens with one attached hydrogen (secondary N) is 1. The van der Waals surface area contributed by atoms with E-state index in [1.165, 1.54) is 24.4 Å². The van der Waals surface area contributed by atoms with Crippen LogP contribution in [-0.4, -0.2) is 29.7 Å². The number of nitrogens with zero attached hydrogens (tertiary/aromatic N) is 1. The quantitative estimate of drug-likeness (QED) is 0.773. The van der Waals surface area contributed by atoms with Crippen LogP contribution in [-0.2, 0) is 4.74 Å². The van der Waals surface area contributed by atoms with Crippen molar-refractivity contribution in [1.82, 2.24) is 4.98 Å². The third-order valence-electron chi connectivity index (χ3n) is 3.04. The fourth-order valence-electron chi connectivity index (χ4n) is 1.87. The number of ether oxygens (including phenoxy) is 2. The number of carbonyl (C=O) groups is 1. The number of aromatic nitrogens is 1. The predicted octanol–water partition coefficient (Wildman–Crippen LogP) is 4.32. The summed E-state index contributed by atoms with van der Waals surface area (Å²) in [5.74, 6) is -0.519. The van der Waals surface area contributed by atoms with Crippen molar-refractivity contribution in [3.63, 3.8) is 0 Å². The zero-order chi connectivity index (χ0) is 18.4. The zero-order valence-electron chi connectivity index (χ0n) is 14.3. The van der Waals surface area contributed by atoms with Crippen LogP contribution < -0.4 is 10.1 Å². The topological polar surface area (TPSA) is 60.5 Å². The van der Waals surface area contributed by atoms with Gasteiger partial charge in [-0.1, -0.05) is 11.6 Å². The lowest BCUT2D eigenvalue weighted by atomic mass is 10.2. The van der Waals surface area contributed by atoms with Crippen molar-refractivity contribution in [2.24, 2.45) is 0 Å². The third-order valence-corrected chi connectivity index (χ3v) is 3.33. The van der Waals surface area contributed by atoms with E-state index in [1.54, 1.807) is 12.1 Å². The molecule has 0 spiro atoms. The van der Waals surface area contributed by atoms with Gasteiger partial charge in [0.1, 0.15) is 12.4 Å². The van der Waals surface area contributed by atoms with Gasteiger partial charge in [-0.2, -0.15) is 0 Å². The molecule has 25 heavy (non-hydrogen) atoms. The summed E-state index contributed by atoms with van der Waals surface area (Å²) in [5.41, 5.74) is 0.525. The minimum Gasteiger partial charge on any atom is -0.475 e. The number of hydrogen-bond donors (Lipinski definition) is 1. The van der Waals surface area contributed by atoms with Crippen LogP contribution >= 0.6 is 11.6 Å². The number of halogens is 2. The Morgan fingerprint density at radius 3 is 2.60 bits per heavy atom. The second-order valence-electron chi connectivity index (χ2n) is 6.28. The van der Waals surface area contributed by atoms with E-state index in [0.29, 0.717) is 30.3 Å². The lowest BCUT2D eigenvalue weighted by molar-refractivity contribution is -0.0168. The molecule has 5 nitrogen and oxygen atoms in total. The normalized spacial score (nSPS) is 11.2. The van der Waals surface area contributed by atoms with Crippen molar-refractivity contribution in [2.75, 3.05) is 18.5 Å². The number of carbonyl (C=O) groups excluding carboxylic acids is 1. The standard InChI is InChI=1S/C18H20ClFN2O3/c1-18(2,3)25-9-8-24-16-7-4-12(11-21-16)17(23)22-13-5-6-15(20)14(19)10-13/h4-7,10-11H,8-9H2,1-3H3,(H,22,23). The summed E-state index contributed by atoms with van der Waals surface area (Å²) in [6.45, 7) is 6.70. The van der Waals surface area contributed by atoms with Crippen LogP contribution in [0.25, 0.3) is 0 Å². The average molecular weight is 367 g/mol. The Hall–Kier alpha value is -2.18. The molecule has 1 heterocycles. The largest absolute Gasteiger partial charge is 0.475 e. The highest BCUT2D eigenvalue weighted by Crippen LogP contribution is 2.20. The molecule has 1 aromatic heterocycles. The third kappa shape index (κ3) is 6.32. The zero-order valence-corrected chi connectivity index (χ0v) is 15.1. The number of amides is 1. The van der Waals surface area contributed by atoms with Gasteiger partial charge in [0.15, 0.2) is 0 Å². The molecular formula is C18H20ClFN2O3. The van der Waals surface area contributed by atoms with Crippen LogP contribution in [0, 0.1) is 5.82 Å². The van der Waals surface area contributed by atoms with Crippen molar-refractivity contribution in [1.29, 1.82) is 0 Å². The molecular weight excluding hydrogens is 347 g/mol. The van der Waals surface area contributed by atoms with Crippen LogP contribution in [0.15, 0.2) is 36.5 Å². The molecule has 0 fully saturated rings. The number of benzene rings is 1. The van der Waals surface area contributed by atoms with Crippen molar-refractivity contribution < 1.29 is 18.7 Å². The summed E-state index contributed by atoms with van der Waals surface area (Å²) in [6, 6.07) is 7.15. The van der Waals surface area contributed by atoms with E-state index < -0.39 is 5.82 Å². The van der Waals surface area contributed by atoms with E-state index in [9.17, 15) is 9.18 Å². The molecule has 0 radical (unpaired) electrons. The Labute approximate surface area is 151 Å². The van der Waals surface area contributed by atoms with Crippen molar-refractivity contribution in [3.05, 3.63) is 52.9 Å². The molecule has 1 aromatic carbocycles. The monoisotopic (exact) mass is 366 g/mol. The highest BCUT2D eigenvalue weighted by atomic mass is 35.5. The molecule has 134 valence electrons. The summed E-state index contributed by atoms with van der Waals surface area (Å²) in [7, 11) is 0. The van der Waals surface area contributed by atoms with Crippen molar-refractivity contribution in [2.45, 2.75) is 26.4 Å². The number of rotatable bonds is 6. The molecule has 0 unspecified atom stereocenters. The molecule has 0 saturated carbocycles. The molecule has 0 aliphatic carbocycles. The Bertz CT molecular complexity index is 730. The fraction of sp³-hybridized carbons (Fsp3) is 0.333. The number of anilines is 1. The first-order chi connectivity index (χ1) is 11.7. The van der Waals surface area contributed by atoms with Gasteiger partial charge in [0.05, 0.1) is 22.8 Å². The number of hydrogen-bond acceptors (Lipinski definition) is 4. The van der Waals surface area contributed by atoms with Crippen LogP contribution in [0.5, 0.6) is 5.88 Å². The molecule has 0 saturated heterocycles. The Balaban J connectivity index is 1.88. The smallest absolute Gasteiger partial charge is 0.257 e. The Morgan fingerprint density at radius 1 is 1.24 bits per heavy atom.